The molecule has 2 aliphatic rings. The SMILES string of the molecule is CC1(C)c2c[c-]c(-c3ccccn3)cc2-c2cc3c4ccccc4n(-c4ccccc4)c3cc21.CC1(C)c2ccc(-c3ccccn3)cc2-c2cc3c4ccccc4n(-c4ccccc4)c3cc21.CO.CO.[Ir].[Ir].[c-]1ccccc1-c1ccccn1.[c-]1ccccc1-c1ccccn1. The van der Waals surface area contributed by atoms with Gasteiger partial charge in [-0.3, -0.25) is 4.98 Å². The van der Waals surface area contributed by atoms with Gasteiger partial charge in [0.1, 0.15) is 0 Å². The van der Waals surface area contributed by atoms with Crippen LogP contribution >= 0.6 is 0 Å². The first kappa shape index (κ1) is 69.0. The van der Waals surface area contributed by atoms with Gasteiger partial charge in [-0.2, -0.15) is 0 Å². The number of aliphatic hydroxyl groups excluding tert-OH is 2. The molecule has 10 heteroatoms. The van der Waals surface area contributed by atoms with Crippen molar-refractivity contribution in [3.63, 3.8) is 0 Å². The van der Waals surface area contributed by atoms with Gasteiger partial charge >= 0.3 is 0 Å². The maximum absolute atomic E-state index is 7.00. The molecule has 18 rings (SSSR count). The minimum atomic E-state index is -0.101. The Balaban J connectivity index is 0.000000142. The van der Waals surface area contributed by atoms with Gasteiger partial charge in [-0.1, -0.05) is 161 Å². The second-order valence-electron chi connectivity index (χ2n) is 24.3. The molecule has 486 valence electrons. The summed E-state index contributed by atoms with van der Waals surface area (Å²) in [5.74, 6) is 0. The van der Waals surface area contributed by atoms with Crippen molar-refractivity contribution >= 4 is 43.6 Å². The number of nitrogens with zero attached hydrogens (tertiary/aromatic N) is 6. The summed E-state index contributed by atoms with van der Waals surface area (Å²) in [6.45, 7) is 9.35. The number of hydrogen-bond donors (Lipinski definition) is 2. The van der Waals surface area contributed by atoms with Crippen LogP contribution in [0.15, 0.2) is 310 Å². The Morgan fingerprint density at radius 3 is 1.10 bits per heavy atom. The molecule has 0 saturated carbocycles. The van der Waals surface area contributed by atoms with Crippen molar-refractivity contribution in [3.05, 3.63) is 350 Å². The second-order valence-corrected chi connectivity index (χ2v) is 24.3. The van der Waals surface area contributed by atoms with E-state index in [9.17, 15) is 0 Å². The number of fused-ring (bicyclic) bond motifs is 12. The van der Waals surface area contributed by atoms with E-state index in [0.29, 0.717) is 0 Å². The van der Waals surface area contributed by atoms with Crippen LogP contribution in [0, 0.1) is 18.2 Å². The molecule has 0 spiro atoms. The predicted octanol–water partition coefficient (Wildman–Crippen LogP) is 20.4. The van der Waals surface area contributed by atoms with Crippen LogP contribution in [0.2, 0.25) is 0 Å². The molecular weight excluding hydrogens is 1560 g/mol. The van der Waals surface area contributed by atoms with Crippen LogP contribution in [-0.4, -0.2) is 53.5 Å². The maximum Gasteiger partial charge on any atom is 0.0702 e. The van der Waals surface area contributed by atoms with Crippen LogP contribution in [-0.2, 0) is 51.0 Å². The van der Waals surface area contributed by atoms with Crippen molar-refractivity contribution < 1.29 is 50.4 Å². The number of rotatable bonds is 6. The fraction of sp³-hybridized carbons (Fsp3) is 0.0909. The molecule has 0 aliphatic heterocycles. The van der Waals surface area contributed by atoms with Crippen LogP contribution in [0.1, 0.15) is 49.9 Å². The van der Waals surface area contributed by atoms with Gasteiger partial charge in [-0.25, -0.2) is 0 Å². The molecule has 10 aromatic carbocycles. The van der Waals surface area contributed by atoms with Gasteiger partial charge < -0.3 is 34.3 Å². The third kappa shape index (κ3) is 13.4. The molecule has 0 fully saturated rings. The monoisotopic (exact) mass is 1630 g/mol. The zero-order valence-corrected chi connectivity index (χ0v) is 60.0. The van der Waals surface area contributed by atoms with Crippen molar-refractivity contribution in [1.82, 2.24) is 29.1 Å². The summed E-state index contributed by atoms with van der Waals surface area (Å²) in [5.41, 5.74) is 26.1. The van der Waals surface area contributed by atoms with Crippen LogP contribution in [0.5, 0.6) is 0 Å². The Morgan fingerprint density at radius 2 is 0.673 bits per heavy atom. The molecule has 0 amide bonds. The zero-order valence-electron chi connectivity index (χ0n) is 55.2. The Bertz CT molecular complexity index is 4900. The van der Waals surface area contributed by atoms with Crippen molar-refractivity contribution in [2.24, 2.45) is 0 Å². The summed E-state index contributed by atoms with van der Waals surface area (Å²) in [4.78, 5) is 17.6. The third-order valence-corrected chi connectivity index (χ3v) is 18.1. The molecule has 0 saturated heterocycles. The number of pyridine rings is 4. The van der Waals surface area contributed by atoms with E-state index in [1.54, 1.807) is 12.4 Å². The molecule has 8 nitrogen and oxygen atoms in total. The van der Waals surface area contributed by atoms with E-state index in [2.05, 4.69) is 257 Å². The zero-order chi connectivity index (χ0) is 66.2. The van der Waals surface area contributed by atoms with Crippen molar-refractivity contribution in [2.45, 2.75) is 38.5 Å². The van der Waals surface area contributed by atoms with Gasteiger partial charge in [-0.05, 0) is 153 Å². The van der Waals surface area contributed by atoms with Crippen LogP contribution < -0.4 is 0 Å². The molecule has 98 heavy (non-hydrogen) atoms. The first-order valence-corrected chi connectivity index (χ1v) is 32.2. The second kappa shape index (κ2) is 30.8. The van der Waals surface area contributed by atoms with Crippen molar-refractivity contribution in [2.75, 3.05) is 14.2 Å². The first-order valence-electron chi connectivity index (χ1n) is 32.2. The van der Waals surface area contributed by atoms with Gasteiger partial charge in [0.15, 0.2) is 0 Å². The molecule has 2 radical (unpaired) electrons. The van der Waals surface area contributed by atoms with Gasteiger partial charge in [0.25, 0.3) is 0 Å². The number of para-hydroxylation sites is 4. The van der Waals surface area contributed by atoms with E-state index in [1.165, 1.54) is 99.5 Å². The average molecular weight is 1630 g/mol. The van der Waals surface area contributed by atoms with E-state index in [-0.39, 0.29) is 51.0 Å². The van der Waals surface area contributed by atoms with E-state index >= 15 is 0 Å². The summed E-state index contributed by atoms with van der Waals surface area (Å²) < 4.78 is 4.80. The van der Waals surface area contributed by atoms with E-state index in [1.807, 2.05) is 116 Å². The molecule has 0 atom stereocenters. The number of aliphatic hydroxyl groups is 2. The number of aromatic nitrogens is 6. The summed E-state index contributed by atoms with van der Waals surface area (Å²) in [6.07, 6.45) is 7.28. The minimum Gasteiger partial charge on any atom is -0.400 e. The first-order chi connectivity index (χ1) is 47.2. The predicted molar refractivity (Wildman–Crippen MR) is 395 cm³/mol. The molecule has 0 unspecified atom stereocenters. The number of hydrogen-bond acceptors (Lipinski definition) is 6. The third-order valence-electron chi connectivity index (χ3n) is 18.1. The standard InChI is InChI=1S/C32H24N2.C32H23N2.2C11H8N.2CH4O.2Ir/c2*1-32(2)27-16-15-21(29-13-8-9-17-33-29)18-24(27)25-19-26-23-12-6-7-14-30(23)34(31(26)20-28(25)32)22-10-4-3-5-11-22;2*1-2-6-10(7-3-1)11-8-4-5-9-12-11;2*1-2;;/h3-20H,1-2H3;3-14,16-20H,1-2H3;2*1-6,8-9H;2*2H,1H3;;/q;3*-1;;;;. The van der Waals surface area contributed by atoms with Gasteiger partial charge in [-0.15, -0.1) is 101 Å². The quantitative estimate of drug-likeness (QED) is 0.161. The largest absolute Gasteiger partial charge is 0.400 e. The van der Waals surface area contributed by atoms with Crippen LogP contribution in [0.3, 0.4) is 0 Å². The number of benzene rings is 10. The molecule has 16 aromatic rings. The van der Waals surface area contributed by atoms with Crippen molar-refractivity contribution in [3.8, 4) is 78.7 Å². The fourth-order valence-corrected chi connectivity index (χ4v) is 13.6. The molecule has 2 aliphatic carbocycles. The van der Waals surface area contributed by atoms with Crippen molar-refractivity contribution in [1.29, 1.82) is 0 Å². The Labute approximate surface area is 600 Å². The minimum absolute atomic E-state index is 0. The topological polar surface area (TPSA) is 102 Å². The summed E-state index contributed by atoms with van der Waals surface area (Å²) in [7, 11) is 2.00. The van der Waals surface area contributed by atoms with E-state index in [0.717, 1.165) is 59.2 Å². The Morgan fingerprint density at radius 1 is 0.296 bits per heavy atom. The Hall–Kier alpha value is -10.4. The maximum atomic E-state index is 7.00. The van der Waals surface area contributed by atoms with Gasteiger partial charge in [0.05, 0.1) is 27.8 Å². The molecule has 0 bridgehead atoms. The van der Waals surface area contributed by atoms with E-state index in [4.69, 9.17) is 10.2 Å². The van der Waals surface area contributed by atoms with Gasteiger partial charge in [0.2, 0.25) is 0 Å². The molecule has 6 heterocycles. The summed E-state index contributed by atoms with van der Waals surface area (Å²) >= 11 is 0. The fourth-order valence-electron chi connectivity index (χ4n) is 13.6. The smallest absolute Gasteiger partial charge is 0.0702 e. The Kier molecular flexibility index (Phi) is 21.7. The molecular formula is C88H71Ir2N6O2-3. The molecule has 6 aromatic heterocycles. The average Bonchev–Trinajstić information content (AvgIpc) is 1.56. The van der Waals surface area contributed by atoms with E-state index < -0.39 is 0 Å². The molecule has 2 N–H and O–H groups in total. The van der Waals surface area contributed by atoms with Crippen LogP contribution in [0.25, 0.3) is 122 Å². The summed E-state index contributed by atoms with van der Waals surface area (Å²) in [5, 5.41) is 19.2. The summed E-state index contributed by atoms with van der Waals surface area (Å²) in [6, 6.07) is 109. The van der Waals surface area contributed by atoms with Crippen LogP contribution in [0.4, 0.5) is 0 Å². The normalized spacial score (nSPS) is 12.1. The van der Waals surface area contributed by atoms with Gasteiger partial charge in [0, 0.05) is 123 Å².